The number of para-hydroxylation sites is 1. The summed E-state index contributed by atoms with van der Waals surface area (Å²) >= 11 is 0. The van der Waals surface area contributed by atoms with Crippen molar-refractivity contribution < 1.29 is 0 Å². The first-order valence-electron chi connectivity index (χ1n) is 8.52. The molecular weight excluding hydrogens is 298 g/mol. The van der Waals surface area contributed by atoms with Gasteiger partial charge in [0.1, 0.15) is 0 Å². The minimum Gasteiger partial charge on any atom is -0.274 e. The molecule has 0 radical (unpaired) electrons. The van der Waals surface area contributed by atoms with Gasteiger partial charge in [-0.25, -0.2) is 4.68 Å². The van der Waals surface area contributed by atoms with Crippen molar-refractivity contribution in [1.82, 2.24) is 9.36 Å². The van der Waals surface area contributed by atoms with Gasteiger partial charge in [0.2, 0.25) is 0 Å². The van der Waals surface area contributed by atoms with Crippen LogP contribution in [0, 0.1) is 11.3 Å². The molecule has 1 fully saturated rings. The van der Waals surface area contributed by atoms with E-state index in [9.17, 15) is 10.1 Å². The summed E-state index contributed by atoms with van der Waals surface area (Å²) in [6, 6.07) is 17.6. The Kier molecular flexibility index (Phi) is 3.70. The average Bonchev–Trinajstić information content (AvgIpc) is 2.95. The molecule has 4 heteroatoms. The van der Waals surface area contributed by atoms with Crippen LogP contribution in [0.1, 0.15) is 43.7 Å². The standard InChI is InChI=1S/C20H19N3O/c21-14-15-11-12-18-19(13-15)22(16-7-3-1-4-8-16)23(20(18)24)17-9-5-2-6-10-17/h2,5-6,9-13,16H,1,3-4,7-8H2. The lowest BCUT2D eigenvalue weighted by Crippen LogP contribution is -2.25. The summed E-state index contributed by atoms with van der Waals surface area (Å²) in [5.74, 6) is 0. The van der Waals surface area contributed by atoms with Crippen LogP contribution in [0.3, 0.4) is 0 Å². The van der Waals surface area contributed by atoms with E-state index in [-0.39, 0.29) is 5.56 Å². The molecule has 0 bridgehead atoms. The molecule has 120 valence electrons. The number of nitriles is 1. The van der Waals surface area contributed by atoms with E-state index in [4.69, 9.17) is 0 Å². The third-order valence-corrected chi connectivity index (χ3v) is 4.93. The molecule has 3 aromatic rings. The number of benzene rings is 2. The van der Waals surface area contributed by atoms with Crippen LogP contribution in [0.2, 0.25) is 0 Å². The van der Waals surface area contributed by atoms with Gasteiger partial charge in [-0.05, 0) is 43.2 Å². The predicted octanol–water partition coefficient (Wildman–Crippen LogP) is 4.17. The number of aromatic nitrogens is 2. The molecule has 0 aliphatic heterocycles. The van der Waals surface area contributed by atoms with Crippen molar-refractivity contribution in [3.8, 4) is 11.8 Å². The second-order valence-corrected chi connectivity index (χ2v) is 6.43. The van der Waals surface area contributed by atoms with Gasteiger partial charge in [-0.1, -0.05) is 37.5 Å². The fourth-order valence-electron chi connectivity index (χ4n) is 3.79. The second kappa shape index (κ2) is 6.01. The molecule has 0 saturated heterocycles. The highest BCUT2D eigenvalue weighted by Crippen LogP contribution is 2.31. The Morgan fingerprint density at radius 1 is 1.00 bits per heavy atom. The van der Waals surface area contributed by atoms with Crippen LogP contribution in [0.25, 0.3) is 16.6 Å². The van der Waals surface area contributed by atoms with Gasteiger partial charge in [-0.15, -0.1) is 0 Å². The molecule has 2 aromatic carbocycles. The van der Waals surface area contributed by atoms with Crippen molar-refractivity contribution >= 4 is 10.9 Å². The van der Waals surface area contributed by atoms with E-state index in [0.29, 0.717) is 17.0 Å². The van der Waals surface area contributed by atoms with E-state index in [0.717, 1.165) is 24.0 Å². The Morgan fingerprint density at radius 3 is 2.46 bits per heavy atom. The maximum absolute atomic E-state index is 13.1. The highest BCUT2D eigenvalue weighted by molar-refractivity contribution is 5.81. The van der Waals surface area contributed by atoms with Crippen LogP contribution in [0.4, 0.5) is 0 Å². The summed E-state index contributed by atoms with van der Waals surface area (Å²) in [6.45, 7) is 0. The van der Waals surface area contributed by atoms with Crippen LogP contribution in [0.5, 0.6) is 0 Å². The van der Waals surface area contributed by atoms with Crippen LogP contribution in [0.15, 0.2) is 53.3 Å². The molecule has 0 N–H and O–H groups in total. The Balaban J connectivity index is 2.04. The largest absolute Gasteiger partial charge is 0.279 e. The predicted molar refractivity (Wildman–Crippen MR) is 94.4 cm³/mol. The zero-order valence-corrected chi connectivity index (χ0v) is 13.5. The molecule has 0 spiro atoms. The van der Waals surface area contributed by atoms with Gasteiger partial charge in [-0.3, -0.25) is 9.48 Å². The fraction of sp³-hybridized carbons (Fsp3) is 0.300. The number of rotatable bonds is 2. The van der Waals surface area contributed by atoms with Gasteiger partial charge < -0.3 is 0 Å². The van der Waals surface area contributed by atoms with Crippen LogP contribution < -0.4 is 5.56 Å². The minimum absolute atomic E-state index is 0.00809. The van der Waals surface area contributed by atoms with Crippen molar-refractivity contribution in [2.24, 2.45) is 0 Å². The Bertz CT molecular complexity index is 970. The van der Waals surface area contributed by atoms with Crippen molar-refractivity contribution in [3.63, 3.8) is 0 Å². The Hall–Kier alpha value is -2.80. The van der Waals surface area contributed by atoms with Crippen molar-refractivity contribution in [2.75, 3.05) is 0 Å². The molecule has 0 atom stereocenters. The van der Waals surface area contributed by atoms with Gasteiger partial charge in [0.05, 0.1) is 34.3 Å². The highest BCUT2D eigenvalue weighted by Gasteiger charge is 2.23. The van der Waals surface area contributed by atoms with E-state index in [1.165, 1.54) is 19.3 Å². The topological polar surface area (TPSA) is 50.7 Å². The lowest BCUT2D eigenvalue weighted by molar-refractivity contribution is 0.319. The molecule has 1 saturated carbocycles. The molecule has 24 heavy (non-hydrogen) atoms. The number of hydrogen-bond donors (Lipinski definition) is 0. The smallest absolute Gasteiger partial charge is 0.274 e. The SMILES string of the molecule is N#Cc1ccc2c(=O)n(-c3ccccc3)n(C3CCCCC3)c2c1. The van der Waals surface area contributed by atoms with Crippen LogP contribution >= 0.6 is 0 Å². The molecule has 4 nitrogen and oxygen atoms in total. The maximum Gasteiger partial charge on any atom is 0.279 e. The monoisotopic (exact) mass is 317 g/mol. The lowest BCUT2D eigenvalue weighted by Gasteiger charge is -2.26. The van der Waals surface area contributed by atoms with E-state index < -0.39 is 0 Å². The van der Waals surface area contributed by atoms with Crippen LogP contribution in [-0.2, 0) is 0 Å². The summed E-state index contributed by atoms with van der Waals surface area (Å²) in [6.07, 6.45) is 5.78. The summed E-state index contributed by atoms with van der Waals surface area (Å²) < 4.78 is 3.93. The van der Waals surface area contributed by atoms with Gasteiger partial charge in [0.15, 0.2) is 0 Å². The normalized spacial score (nSPS) is 15.5. The molecule has 1 aromatic heterocycles. The maximum atomic E-state index is 13.1. The number of fused-ring (bicyclic) bond motifs is 1. The molecular formula is C20H19N3O. The van der Waals surface area contributed by atoms with Crippen molar-refractivity contribution in [3.05, 3.63) is 64.4 Å². The quantitative estimate of drug-likeness (QED) is 0.712. The lowest BCUT2D eigenvalue weighted by atomic mass is 9.95. The van der Waals surface area contributed by atoms with Gasteiger partial charge >= 0.3 is 0 Å². The van der Waals surface area contributed by atoms with Gasteiger partial charge in [0, 0.05) is 0 Å². The third kappa shape index (κ3) is 2.33. The Labute approximate surface area is 140 Å². The molecule has 0 amide bonds. The van der Waals surface area contributed by atoms with Crippen LogP contribution in [-0.4, -0.2) is 9.36 Å². The zero-order chi connectivity index (χ0) is 16.5. The third-order valence-electron chi connectivity index (χ3n) is 4.93. The summed E-state index contributed by atoms with van der Waals surface area (Å²) in [4.78, 5) is 13.1. The van der Waals surface area contributed by atoms with Gasteiger partial charge in [0.25, 0.3) is 5.56 Å². The molecule has 0 unspecified atom stereocenters. The van der Waals surface area contributed by atoms with Crippen molar-refractivity contribution in [1.29, 1.82) is 5.26 Å². The van der Waals surface area contributed by atoms with E-state index in [1.807, 2.05) is 36.4 Å². The first-order valence-corrected chi connectivity index (χ1v) is 8.52. The van der Waals surface area contributed by atoms with E-state index in [1.54, 1.807) is 16.8 Å². The summed E-state index contributed by atoms with van der Waals surface area (Å²) in [7, 11) is 0. The fourth-order valence-corrected chi connectivity index (χ4v) is 3.79. The number of hydrogen-bond acceptors (Lipinski definition) is 2. The summed E-state index contributed by atoms with van der Waals surface area (Å²) in [5.41, 5.74) is 2.33. The second-order valence-electron chi connectivity index (χ2n) is 6.43. The molecule has 1 heterocycles. The highest BCUT2D eigenvalue weighted by atomic mass is 16.1. The van der Waals surface area contributed by atoms with Gasteiger partial charge in [-0.2, -0.15) is 5.26 Å². The zero-order valence-electron chi connectivity index (χ0n) is 13.5. The summed E-state index contributed by atoms with van der Waals surface area (Å²) in [5, 5.41) is 9.93. The number of nitrogens with zero attached hydrogens (tertiary/aromatic N) is 3. The Morgan fingerprint density at radius 2 is 1.75 bits per heavy atom. The van der Waals surface area contributed by atoms with E-state index >= 15 is 0 Å². The average molecular weight is 317 g/mol. The minimum atomic E-state index is -0.00809. The van der Waals surface area contributed by atoms with E-state index in [2.05, 4.69) is 10.8 Å². The molecule has 4 rings (SSSR count). The molecule has 1 aliphatic rings. The molecule has 1 aliphatic carbocycles. The first-order chi connectivity index (χ1) is 11.8. The van der Waals surface area contributed by atoms with Crippen molar-refractivity contribution in [2.45, 2.75) is 38.1 Å². The first kappa shape index (κ1) is 14.8.